The third kappa shape index (κ3) is 1.46. The summed E-state index contributed by atoms with van der Waals surface area (Å²) >= 11 is 0. The van der Waals surface area contributed by atoms with E-state index in [1.165, 1.54) is 6.33 Å². The van der Waals surface area contributed by atoms with Crippen molar-refractivity contribution < 1.29 is 0 Å². The molecule has 2 heterocycles. The number of hydrogen-bond donors (Lipinski definition) is 2. The van der Waals surface area contributed by atoms with Crippen LogP contribution in [0.3, 0.4) is 0 Å². The molecule has 2 rings (SSSR count). The van der Waals surface area contributed by atoms with Gasteiger partial charge in [-0.2, -0.15) is 0 Å². The van der Waals surface area contributed by atoms with Gasteiger partial charge in [0.25, 0.3) is 0 Å². The van der Waals surface area contributed by atoms with E-state index in [2.05, 4.69) is 15.0 Å². The summed E-state index contributed by atoms with van der Waals surface area (Å²) in [5.74, 6) is 5.43. The molecule has 0 bridgehead atoms. The second-order valence-electron chi connectivity index (χ2n) is 2.46. The van der Waals surface area contributed by atoms with Crippen LogP contribution in [0.15, 0.2) is 11.1 Å². The van der Waals surface area contributed by atoms with Crippen molar-refractivity contribution in [3.63, 3.8) is 0 Å². The predicted octanol–water partition coefficient (Wildman–Crippen LogP) is 0.168. The second kappa shape index (κ2) is 3.91. The van der Waals surface area contributed by atoms with Crippen molar-refractivity contribution >= 4 is 11.2 Å². The molecule has 2 aromatic rings. The summed E-state index contributed by atoms with van der Waals surface area (Å²) < 4.78 is 1.00. The van der Waals surface area contributed by atoms with Gasteiger partial charge in [-0.3, -0.25) is 4.98 Å². The number of imidazole rings is 1. The number of nitrogens with two attached hydrogens (primary N) is 1. The van der Waals surface area contributed by atoms with E-state index in [4.69, 9.17) is 5.84 Å². The zero-order valence-electron chi connectivity index (χ0n) is 8.40. The maximum atomic E-state index is 11.0. The minimum atomic E-state index is -0.381. The molecule has 6 heteroatoms. The Hall–Kier alpha value is -1.85. The number of nitrogen functional groups attached to an aromatic ring is 1. The molecule has 3 N–H and O–H groups in total. The Kier molecular flexibility index (Phi) is 2.85. The van der Waals surface area contributed by atoms with Gasteiger partial charge < -0.3 is 5.84 Å². The molecule has 0 amide bonds. The van der Waals surface area contributed by atoms with Crippen LogP contribution in [0.25, 0.3) is 11.2 Å². The summed E-state index contributed by atoms with van der Waals surface area (Å²) in [5.41, 5.74) is 1.31. The molecule has 0 radical (unpaired) electrons. The molecule has 0 spiro atoms. The Morgan fingerprint density at radius 1 is 1.43 bits per heavy atom. The SMILES string of the molecule is CC.Cc1ncnc2[nH]c(=O)n(N)c12. The molecule has 0 aliphatic heterocycles. The average molecular weight is 195 g/mol. The molecule has 6 nitrogen and oxygen atoms in total. The maximum Gasteiger partial charge on any atom is 0.346 e. The summed E-state index contributed by atoms with van der Waals surface area (Å²) in [6, 6.07) is 0. The highest BCUT2D eigenvalue weighted by Crippen LogP contribution is 2.06. The van der Waals surface area contributed by atoms with E-state index in [1.54, 1.807) is 6.92 Å². The van der Waals surface area contributed by atoms with Gasteiger partial charge in [0.15, 0.2) is 5.65 Å². The topological polar surface area (TPSA) is 89.6 Å². The van der Waals surface area contributed by atoms with Gasteiger partial charge in [0.1, 0.15) is 11.8 Å². The first-order valence-electron chi connectivity index (χ1n) is 4.37. The van der Waals surface area contributed by atoms with Crippen LogP contribution in [0.1, 0.15) is 19.5 Å². The summed E-state index contributed by atoms with van der Waals surface area (Å²) in [7, 11) is 0. The summed E-state index contributed by atoms with van der Waals surface area (Å²) in [6.07, 6.45) is 1.38. The number of aromatic nitrogens is 4. The van der Waals surface area contributed by atoms with E-state index in [0.717, 1.165) is 4.68 Å². The van der Waals surface area contributed by atoms with E-state index in [-0.39, 0.29) is 5.69 Å². The molecule has 0 aromatic carbocycles. The Morgan fingerprint density at radius 3 is 2.64 bits per heavy atom. The number of rotatable bonds is 0. The van der Waals surface area contributed by atoms with Gasteiger partial charge in [0.05, 0.1) is 5.69 Å². The molecule has 2 aromatic heterocycles. The van der Waals surface area contributed by atoms with E-state index in [0.29, 0.717) is 16.9 Å². The highest BCUT2D eigenvalue weighted by molar-refractivity contribution is 5.72. The first-order valence-corrected chi connectivity index (χ1v) is 4.37. The molecular formula is C8H13N5O. The minimum absolute atomic E-state index is 0.381. The predicted molar refractivity (Wildman–Crippen MR) is 54.4 cm³/mol. The smallest absolute Gasteiger partial charge is 0.335 e. The number of nitrogens with zero attached hydrogens (tertiary/aromatic N) is 3. The Morgan fingerprint density at radius 2 is 2.07 bits per heavy atom. The number of nitrogens with one attached hydrogen (secondary N) is 1. The van der Waals surface area contributed by atoms with Gasteiger partial charge in [0, 0.05) is 0 Å². The van der Waals surface area contributed by atoms with E-state index < -0.39 is 0 Å². The van der Waals surface area contributed by atoms with Crippen molar-refractivity contribution in [2.45, 2.75) is 20.8 Å². The van der Waals surface area contributed by atoms with Crippen LogP contribution in [-0.4, -0.2) is 19.6 Å². The second-order valence-corrected chi connectivity index (χ2v) is 2.46. The minimum Gasteiger partial charge on any atom is -0.335 e. The highest BCUT2D eigenvalue weighted by atomic mass is 16.1. The lowest BCUT2D eigenvalue weighted by molar-refractivity contribution is 0.958. The van der Waals surface area contributed by atoms with Crippen molar-refractivity contribution in [1.29, 1.82) is 0 Å². The zero-order valence-corrected chi connectivity index (χ0v) is 8.40. The van der Waals surface area contributed by atoms with E-state index in [9.17, 15) is 4.79 Å². The lowest BCUT2D eigenvalue weighted by Gasteiger charge is -1.94. The molecule has 76 valence electrons. The monoisotopic (exact) mass is 195 g/mol. The number of fused-ring (bicyclic) bond motifs is 1. The third-order valence-electron chi connectivity index (χ3n) is 1.69. The van der Waals surface area contributed by atoms with Gasteiger partial charge in [-0.15, -0.1) is 0 Å². The van der Waals surface area contributed by atoms with Crippen LogP contribution in [0, 0.1) is 6.92 Å². The van der Waals surface area contributed by atoms with E-state index in [1.807, 2.05) is 13.8 Å². The molecule has 14 heavy (non-hydrogen) atoms. The van der Waals surface area contributed by atoms with Crippen LogP contribution >= 0.6 is 0 Å². The molecule has 0 fully saturated rings. The average Bonchev–Trinajstić information content (AvgIpc) is 2.47. The molecule has 0 saturated heterocycles. The van der Waals surface area contributed by atoms with Crippen LogP contribution in [-0.2, 0) is 0 Å². The molecule has 0 atom stereocenters. The fraction of sp³-hybridized carbons (Fsp3) is 0.375. The lowest BCUT2D eigenvalue weighted by Crippen LogP contribution is -2.24. The van der Waals surface area contributed by atoms with Gasteiger partial charge in [-0.25, -0.2) is 19.4 Å². The molecular weight excluding hydrogens is 182 g/mol. The Labute approximate surface area is 80.8 Å². The number of aryl methyl sites for hydroxylation is 1. The van der Waals surface area contributed by atoms with Gasteiger partial charge in [-0.1, -0.05) is 13.8 Å². The summed E-state index contributed by atoms with van der Waals surface area (Å²) in [5, 5.41) is 0. The van der Waals surface area contributed by atoms with Crippen LogP contribution < -0.4 is 11.5 Å². The van der Waals surface area contributed by atoms with E-state index >= 15 is 0 Å². The van der Waals surface area contributed by atoms with Crippen molar-refractivity contribution in [2.75, 3.05) is 5.84 Å². The fourth-order valence-electron chi connectivity index (χ4n) is 1.11. The van der Waals surface area contributed by atoms with Gasteiger partial charge in [-0.05, 0) is 6.92 Å². The first-order chi connectivity index (χ1) is 6.70. The number of H-pyrrole nitrogens is 1. The standard InChI is InChI=1S/C6H7N5O.C2H6/c1-3-4-5(9-2-8-3)10-6(12)11(4)7;1-2/h2H,7H2,1H3,(H,8,9,10,12);1-2H3. The maximum absolute atomic E-state index is 11.0. The fourth-order valence-corrected chi connectivity index (χ4v) is 1.11. The van der Waals surface area contributed by atoms with Gasteiger partial charge >= 0.3 is 5.69 Å². The Bertz CT molecular complexity index is 484. The lowest BCUT2D eigenvalue weighted by atomic mass is 10.4. The molecule has 0 aliphatic rings. The Balaban J connectivity index is 0.000000461. The largest absolute Gasteiger partial charge is 0.346 e. The zero-order chi connectivity index (χ0) is 10.7. The first kappa shape index (κ1) is 10.2. The van der Waals surface area contributed by atoms with Crippen LogP contribution in [0.4, 0.5) is 0 Å². The molecule has 0 unspecified atom stereocenters. The van der Waals surface area contributed by atoms with Crippen LogP contribution in [0.2, 0.25) is 0 Å². The quantitative estimate of drug-likeness (QED) is 0.586. The third-order valence-corrected chi connectivity index (χ3v) is 1.69. The highest BCUT2D eigenvalue weighted by Gasteiger charge is 2.06. The summed E-state index contributed by atoms with van der Waals surface area (Å²) in [4.78, 5) is 21.3. The van der Waals surface area contributed by atoms with Gasteiger partial charge in [0.2, 0.25) is 0 Å². The molecule has 0 aliphatic carbocycles. The molecule has 0 saturated carbocycles. The number of hydrogen-bond acceptors (Lipinski definition) is 4. The van der Waals surface area contributed by atoms with Crippen molar-refractivity contribution in [3.05, 3.63) is 22.5 Å². The normalized spacial score (nSPS) is 9.64. The van der Waals surface area contributed by atoms with Crippen molar-refractivity contribution in [2.24, 2.45) is 0 Å². The number of aromatic amines is 1. The summed E-state index contributed by atoms with van der Waals surface area (Å²) in [6.45, 7) is 5.76. The van der Waals surface area contributed by atoms with Crippen LogP contribution in [0.5, 0.6) is 0 Å². The van der Waals surface area contributed by atoms with Crippen molar-refractivity contribution in [1.82, 2.24) is 19.6 Å². The van der Waals surface area contributed by atoms with Crippen molar-refractivity contribution in [3.8, 4) is 0 Å².